The minimum atomic E-state index is -4.75. The summed E-state index contributed by atoms with van der Waals surface area (Å²) in [5, 5.41) is -0.490. The second kappa shape index (κ2) is 9.52. The molecule has 4 rings (SSSR count). The number of hydrogen-bond acceptors (Lipinski definition) is 6. The molecule has 1 aromatic heterocycles. The first kappa shape index (κ1) is 25.0. The van der Waals surface area contributed by atoms with Crippen LogP contribution in [-0.2, 0) is 14.8 Å². The molecule has 7 nitrogen and oxygen atoms in total. The van der Waals surface area contributed by atoms with Crippen molar-refractivity contribution in [1.29, 1.82) is 0 Å². The lowest BCUT2D eigenvalue weighted by Gasteiger charge is -2.42. The smallest absolute Gasteiger partial charge is 0.268 e. The van der Waals surface area contributed by atoms with Gasteiger partial charge in [0.1, 0.15) is 16.7 Å². The highest BCUT2D eigenvalue weighted by molar-refractivity contribution is 7.92. The molecule has 0 aliphatic carbocycles. The van der Waals surface area contributed by atoms with Crippen LogP contribution in [0.5, 0.6) is 0 Å². The Labute approximate surface area is 201 Å². The first-order valence-corrected chi connectivity index (χ1v) is 12.8. The molecule has 0 bridgehead atoms. The van der Waals surface area contributed by atoms with Gasteiger partial charge in [-0.3, -0.25) is 9.62 Å². The van der Waals surface area contributed by atoms with Crippen LogP contribution in [0.4, 0.5) is 24.7 Å². The third-order valence-electron chi connectivity index (χ3n) is 6.65. The summed E-state index contributed by atoms with van der Waals surface area (Å²) in [5.74, 6) is -4.06. The summed E-state index contributed by atoms with van der Waals surface area (Å²) in [7, 11) is -3.05. The van der Waals surface area contributed by atoms with Gasteiger partial charge < -0.3 is 9.64 Å². The van der Waals surface area contributed by atoms with Crippen LogP contribution in [0.1, 0.15) is 26.2 Å². The number of rotatable bonds is 6. The van der Waals surface area contributed by atoms with Crippen LogP contribution in [0, 0.1) is 17.6 Å². The summed E-state index contributed by atoms with van der Waals surface area (Å²) in [6.07, 6.45) is 2.82. The number of benzene rings is 1. The zero-order valence-corrected chi connectivity index (χ0v) is 20.4. The summed E-state index contributed by atoms with van der Waals surface area (Å²) >= 11 is 6.22. The molecule has 2 aliphatic rings. The van der Waals surface area contributed by atoms with Gasteiger partial charge in [-0.2, -0.15) is 4.39 Å². The summed E-state index contributed by atoms with van der Waals surface area (Å²) in [5.41, 5.74) is -0.125. The van der Waals surface area contributed by atoms with E-state index in [9.17, 15) is 17.2 Å². The Bertz CT molecular complexity index is 1180. The molecule has 0 unspecified atom stereocenters. The standard InChI is InChI=1S/C22H26ClF3N4O3S/c1-22(30-9-6-14(33-2)7-10-30)8-11-29(13-22)16-12-15(24)21(20(26)19(16)23)34(31,32)28-18-5-3-4-17(25)27-18/h3-5,12,14H,6-11,13H2,1-2H3,(H,27,28)/t22-/m1/s1. The lowest BCUT2D eigenvalue weighted by Crippen LogP contribution is -2.52. The van der Waals surface area contributed by atoms with E-state index in [0.29, 0.717) is 13.1 Å². The quantitative estimate of drug-likeness (QED) is 0.460. The van der Waals surface area contributed by atoms with E-state index in [1.54, 1.807) is 12.0 Å². The highest BCUT2D eigenvalue weighted by Crippen LogP contribution is 2.40. The van der Waals surface area contributed by atoms with Crippen molar-refractivity contribution in [2.45, 2.75) is 42.7 Å². The number of nitrogens with one attached hydrogen (secondary N) is 1. The van der Waals surface area contributed by atoms with Gasteiger partial charge in [0.05, 0.1) is 11.8 Å². The van der Waals surface area contributed by atoms with E-state index in [0.717, 1.165) is 50.6 Å². The van der Waals surface area contributed by atoms with E-state index in [-0.39, 0.29) is 17.3 Å². The van der Waals surface area contributed by atoms with E-state index in [2.05, 4.69) is 16.8 Å². The van der Waals surface area contributed by atoms with Crippen LogP contribution < -0.4 is 9.62 Å². The molecule has 34 heavy (non-hydrogen) atoms. The molecule has 1 N–H and O–H groups in total. The molecule has 2 saturated heterocycles. The molecule has 12 heteroatoms. The van der Waals surface area contributed by atoms with Crippen molar-refractivity contribution in [3.05, 3.63) is 46.9 Å². The second-order valence-corrected chi connectivity index (χ2v) is 10.9. The number of anilines is 2. The van der Waals surface area contributed by atoms with Crippen LogP contribution in [0.25, 0.3) is 0 Å². The number of hydrogen-bond donors (Lipinski definition) is 1. The zero-order valence-electron chi connectivity index (χ0n) is 18.8. The number of aromatic nitrogens is 1. The summed E-state index contributed by atoms with van der Waals surface area (Å²) in [6.45, 7) is 4.82. The molecular weight excluding hydrogens is 493 g/mol. The monoisotopic (exact) mass is 518 g/mol. The van der Waals surface area contributed by atoms with Gasteiger partial charge in [-0.1, -0.05) is 17.7 Å². The fourth-order valence-electron chi connectivity index (χ4n) is 4.74. The zero-order chi connectivity index (χ0) is 24.7. The van der Waals surface area contributed by atoms with Gasteiger partial charge in [0.2, 0.25) is 5.95 Å². The Balaban J connectivity index is 1.57. The van der Waals surface area contributed by atoms with Gasteiger partial charge in [-0.15, -0.1) is 0 Å². The number of pyridine rings is 1. The Morgan fingerprint density at radius 3 is 2.56 bits per heavy atom. The first-order valence-electron chi connectivity index (χ1n) is 10.9. The fourth-order valence-corrected chi connectivity index (χ4v) is 6.21. The van der Waals surface area contributed by atoms with E-state index in [1.807, 2.05) is 4.72 Å². The van der Waals surface area contributed by atoms with Gasteiger partial charge in [0.15, 0.2) is 10.7 Å². The topological polar surface area (TPSA) is 74.8 Å². The molecule has 1 atom stereocenters. The summed E-state index contributed by atoms with van der Waals surface area (Å²) < 4.78 is 76.1. The maximum absolute atomic E-state index is 15.1. The van der Waals surface area contributed by atoms with Crippen molar-refractivity contribution in [3.8, 4) is 0 Å². The molecule has 2 aromatic rings. The van der Waals surface area contributed by atoms with E-state index < -0.39 is 43.3 Å². The van der Waals surface area contributed by atoms with Crippen molar-refractivity contribution in [2.24, 2.45) is 0 Å². The predicted molar refractivity (Wildman–Crippen MR) is 123 cm³/mol. The fraction of sp³-hybridized carbons (Fsp3) is 0.500. The van der Waals surface area contributed by atoms with E-state index >= 15 is 4.39 Å². The van der Waals surface area contributed by atoms with Gasteiger partial charge in [-0.25, -0.2) is 22.2 Å². The highest BCUT2D eigenvalue weighted by atomic mass is 35.5. The number of likely N-dealkylation sites (tertiary alicyclic amines) is 1. The first-order chi connectivity index (χ1) is 16.0. The van der Waals surface area contributed by atoms with Crippen molar-refractivity contribution >= 4 is 33.1 Å². The van der Waals surface area contributed by atoms with Crippen LogP contribution in [0.15, 0.2) is 29.2 Å². The maximum Gasteiger partial charge on any atom is 0.268 e. The predicted octanol–water partition coefficient (Wildman–Crippen LogP) is 4.03. The largest absolute Gasteiger partial charge is 0.381 e. The average Bonchev–Trinajstić information content (AvgIpc) is 3.19. The van der Waals surface area contributed by atoms with E-state index in [1.165, 1.54) is 6.07 Å². The number of halogens is 4. The Morgan fingerprint density at radius 1 is 1.21 bits per heavy atom. The molecule has 186 valence electrons. The van der Waals surface area contributed by atoms with Crippen molar-refractivity contribution in [1.82, 2.24) is 9.88 Å². The van der Waals surface area contributed by atoms with Crippen LogP contribution >= 0.6 is 11.6 Å². The lowest BCUT2D eigenvalue weighted by atomic mass is 9.94. The van der Waals surface area contributed by atoms with Crippen molar-refractivity contribution < 1.29 is 26.3 Å². The van der Waals surface area contributed by atoms with E-state index in [4.69, 9.17) is 16.3 Å². The van der Waals surface area contributed by atoms with Crippen LogP contribution in [-0.4, -0.2) is 63.2 Å². The Kier molecular flexibility index (Phi) is 7.01. The molecule has 0 radical (unpaired) electrons. The molecule has 2 aliphatic heterocycles. The van der Waals surface area contributed by atoms with Gasteiger partial charge in [0, 0.05) is 44.9 Å². The SMILES string of the molecule is COC1CCN([C@]2(C)CCN(c3cc(F)c(S(=O)(=O)Nc4cccc(F)n4)c(F)c3Cl)C2)CC1. The summed E-state index contributed by atoms with van der Waals surface area (Å²) in [4.78, 5) is 6.25. The van der Waals surface area contributed by atoms with Crippen LogP contribution in [0.2, 0.25) is 5.02 Å². The molecule has 0 amide bonds. The molecule has 1 aromatic carbocycles. The maximum atomic E-state index is 15.1. The van der Waals surface area contributed by atoms with Crippen molar-refractivity contribution in [2.75, 3.05) is 42.9 Å². The Hall–Kier alpha value is -2.08. The van der Waals surface area contributed by atoms with Crippen molar-refractivity contribution in [3.63, 3.8) is 0 Å². The average molecular weight is 519 g/mol. The summed E-state index contributed by atoms with van der Waals surface area (Å²) in [6, 6.07) is 4.31. The lowest BCUT2D eigenvalue weighted by molar-refractivity contribution is 0.00738. The highest BCUT2D eigenvalue weighted by Gasteiger charge is 2.42. The Morgan fingerprint density at radius 2 is 1.91 bits per heavy atom. The third-order valence-corrected chi connectivity index (χ3v) is 8.40. The second-order valence-electron chi connectivity index (χ2n) is 8.88. The molecule has 0 saturated carbocycles. The minimum Gasteiger partial charge on any atom is -0.381 e. The van der Waals surface area contributed by atoms with Gasteiger partial charge in [0.25, 0.3) is 10.0 Å². The molecule has 0 spiro atoms. The molecule has 3 heterocycles. The number of sulfonamides is 1. The number of ether oxygens (including phenoxy) is 1. The normalized spacial score (nSPS) is 22.4. The number of piperidine rings is 1. The molecule has 2 fully saturated rings. The third kappa shape index (κ3) is 4.84. The van der Waals surface area contributed by atoms with Crippen LogP contribution in [0.3, 0.4) is 0 Å². The van der Waals surface area contributed by atoms with Gasteiger partial charge in [-0.05, 0) is 38.3 Å². The molecular formula is C22H26ClF3N4O3S. The number of methoxy groups -OCH3 is 1. The minimum absolute atomic E-state index is 0.0926. The number of nitrogens with zero attached hydrogens (tertiary/aromatic N) is 3. The van der Waals surface area contributed by atoms with Gasteiger partial charge >= 0.3 is 0 Å².